The molecule has 0 aliphatic carbocycles. The maximum atomic E-state index is 11.6. The predicted molar refractivity (Wildman–Crippen MR) is 93.8 cm³/mol. The molecular weight excluding hydrogens is 302 g/mol. The molecule has 1 N–H and O–H groups in total. The molecule has 2 aliphatic rings. The van der Waals surface area contributed by atoms with Gasteiger partial charge < -0.3 is 5.11 Å². The standard InChI is InChI=1S/C19H29N3O2/c1-3-9-22-14-19(12-17(22)18(23)24)7-10-21(11-8-19)13-16-6-4-5-15(2)20-16/h4-6,17H,3,7-14H2,1-2H3,(H,23,24)/t17-/m0/s1. The molecule has 132 valence electrons. The maximum Gasteiger partial charge on any atom is 0.320 e. The van der Waals surface area contributed by atoms with Gasteiger partial charge in [0.05, 0.1) is 5.69 Å². The zero-order chi connectivity index (χ0) is 17.2. The molecule has 5 nitrogen and oxygen atoms in total. The molecule has 3 rings (SSSR count). The van der Waals surface area contributed by atoms with Crippen molar-refractivity contribution < 1.29 is 9.90 Å². The van der Waals surface area contributed by atoms with Gasteiger partial charge in [-0.2, -0.15) is 0 Å². The number of carboxylic acids is 1. The maximum absolute atomic E-state index is 11.6. The number of carbonyl (C=O) groups is 1. The number of hydrogen-bond donors (Lipinski definition) is 1. The van der Waals surface area contributed by atoms with Crippen molar-refractivity contribution in [3.63, 3.8) is 0 Å². The first kappa shape index (κ1) is 17.4. The summed E-state index contributed by atoms with van der Waals surface area (Å²) in [5.74, 6) is -0.647. The number of piperidine rings is 1. The van der Waals surface area contributed by atoms with Gasteiger partial charge in [0.15, 0.2) is 0 Å². The highest BCUT2D eigenvalue weighted by Gasteiger charge is 2.47. The third-order valence-corrected chi connectivity index (χ3v) is 5.65. The summed E-state index contributed by atoms with van der Waals surface area (Å²) in [6.07, 6.45) is 4.04. The van der Waals surface area contributed by atoms with E-state index in [9.17, 15) is 9.90 Å². The number of likely N-dealkylation sites (tertiary alicyclic amines) is 2. The summed E-state index contributed by atoms with van der Waals surface area (Å²) in [4.78, 5) is 20.8. The van der Waals surface area contributed by atoms with Crippen LogP contribution in [0.15, 0.2) is 18.2 Å². The van der Waals surface area contributed by atoms with Crippen LogP contribution in [0.4, 0.5) is 0 Å². The van der Waals surface area contributed by atoms with E-state index in [2.05, 4.69) is 33.8 Å². The molecule has 1 spiro atoms. The zero-order valence-electron chi connectivity index (χ0n) is 14.9. The lowest BCUT2D eigenvalue weighted by Gasteiger charge is -2.39. The first-order valence-electron chi connectivity index (χ1n) is 9.13. The van der Waals surface area contributed by atoms with Crippen molar-refractivity contribution in [2.24, 2.45) is 5.41 Å². The second-order valence-electron chi connectivity index (χ2n) is 7.58. The van der Waals surface area contributed by atoms with Crippen LogP contribution in [0.1, 0.15) is 44.0 Å². The minimum absolute atomic E-state index is 0.203. The van der Waals surface area contributed by atoms with Gasteiger partial charge in [-0.05, 0) is 69.8 Å². The van der Waals surface area contributed by atoms with Gasteiger partial charge in [-0.15, -0.1) is 0 Å². The van der Waals surface area contributed by atoms with Crippen molar-refractivity contribution >= 4 is 5.97 Å². The number of rotatable bonds is 5. The quantitative estimate of drug-likeness (QED) is 0.898. The highest BCUT2D eigenvalue weighted by Crippen LogP contribution is 2.43. The lowest BCUT2D eigenvalue weighted by molar-refractivity contribution is -0.142. The van der Waals surface area contributed by atoms with Crippen molar-refractivity contribution in [3.8, 4) is 0 Å². The summed E-state index contributed by atoms with van der Waals surface area (Å²) < 4.78 is 0. The summed E-state index contributed by atoms with van der Waals surface area (Å²) in [6.45, 7) is 9.00. The number of carboxylic acid groups (broad SMARTS) is 1. The van der Waals surface area contributed by atoms with E-state index in [1.54, 1.807) is 0 Å². The van der Waals surface area contributed by atoms with Gasteiger partial charge in [0, 0.05) is 18.8 Å². The van der Waals surface area contributed by atoms with Crippen LogP contribution in [0.25, 0.3) is 0 Å². The summed E-state index contributed by atoms with van der Waals surface area (Å²) in [7, 11) is 0. The summed E-state index contributed by atoms with van der Waals surface area (Å²) in [5.41, 5.74) is 2.40. The van der Waals surface area contributed by atoms with E-state index in [-0.39, 0.29) is 11.5 Å². The molecule has 0 radical (unpaired) electrons. The van der Waals surface area contributed by atoms with Crippen LogP contribution in [-0.4, -0.2) is 58.1 Å². The third-order valence-electron chi connectivity index (χ3n) is 5.65. The van der Waals surface area contributed by atoms with Gasteiger partial charge >= 0.3 is 5.97 Å². The van der Waals surface area contributed by atoms with Crippen LogP contribution in [0, 0.1) is 12.3 Å². The average molecular weight is 331 g/mol. The van der Waals surface area contributed by atoms with Crippen molar-refractivity contribution in [2.45, 2.75) is 52.1 Å². The lowest BCUT2D eigenvalue weighted by Crippen LogP contribution is -2.41. The van der Waals surface area contributed by atoms with Crippen LogP contribution < -0.4 is 0 Å². The topological polar surface area (TPSA) is 56.7 Å². The molecule has 1 aromatic heterocycles. The Bertz CT molecular complexity index is 582. The molecule has 2 fully saturated rings. The first-order valence-corrected chi connectivity index (χ1v) is 9.13. The Balaban J connectivity index is 1.59. The van der Waals surface area contributed by atoms with Crippen LogP contribution in [0.2, 0.25) is 0 Å². The average Bonchev–Trinajstić information content (AvgIpc) is 2.89. The van der Waals surface area contributed by atoms with Crippen LogP contribution in [-0.2, 0) is 11.3 Å². The van der Waals surface area contributed by atoms with Crippen LogP contribution >= 0.6 is 0 Å². The highest BCUT2D eigenvalue weighted by atomic mass is 16.4. The molecule has 0 unspecified atom stereocenters. The van der Waals surface area contributed by atoms with Crippen molar-refractivity contribution in [3.05, 3.63) is 29.6 Å². The molecule has 3 heterocycles. The molecule has 0 bridgehead atoms. The van der Waals surface area contributed by atoms with Gasteiger partial charge in [-0.25, -0.2) is 0 Å². The van der Waals surface area contributed by atoms with Gasteiger partial charge in [0.2, 0.25) is 0 Å². The second kappa shape index (κ2) is 7.19. The fourth-order valence-electron chi connectivity index (χ4n) is 4.37. The van der Waals surface area contributed by atoms with E-state index >= 15 is 0 Å². The molecule has 1 atom stereocenters. The fraction of sp³-hybridized carbons (Fsp3) is 0.684. The van der Waals surface area contributed by atoms with Crippen LogP contribution in [0.5, 0.6) is 0 Å². The number of nitrogens with zero attached hydrogens (tertiary/aromatic N) is 3. The SMILES string of the molecule is CCCN1CC2(CCN(Cc3cccc(C)n3)CC2)C[C@H]1C(=O)O. The number of pyridine rings is 1. The molecule has 5 heteroatoms. The van der Waals surface area contributed by atoms with Gasteiger partial charge in [-0.3, -0.25) is 19.6 Å². The van der Waals surface area contributed by atoms with Gasteiger partial charge in [-0.1, -0.05) is 13.0 Å². The monoisotopic (exact) mass is 331 g/mol. The Kier molecular flexibility index (Phi) is 5.21. The van der Waals surface area contributed by atoms with E-state index < -0.39 is 5.97 Å². The molecule has 0 saturated carbocycles. The lowest BCUT2D eigenvalue weighted by atomic mass is 9.76. The molecule has 0 amide bonds. The number of hydrogen-bond acceptors (Lipinski definition) is 4. The Morgan fingerprint density at radius 2 is 2.12 bits per heavy atom. The van der Waals surface area contributed by atoms with Gasteiger partial charge in [0.1, 0.15) is 6.04 Å². The fourth-order valence-corrected chi connectivity index (χ4v) is 4.37. The number of aliphatic carboxylic acids is 1. The van der Waals surface area contributed by atoms with E-state index in [1.807, 2.05) is 13.0 Å². The second-order valence-corrected chi connectivity index (χ2v) is 7.58. The van der Waals surface area contributed by atoms with Crippen molar-refractivity contribution in [1.82, 2.24) is 14.8 Å². The smallest absolute Gasteiger partial charge is 0.320 e. The minimum Gasteiger partial charge on any atom is -0.480 e. The molecule has 2 saturated heterocycles. The Hall–Kier alpha value is -1.46. The largest absolute Gasteiger partial charge is 0.480 e. The van der Waals surface area contributed by atoms with E-state index in [0.29, 0.717) is 0 Å². The summed E-state index contributed by atoms with van der Waals surface area (Å²) in [5, 5.41) is 9.54. The Labute approximate surface area is 144 Å². The molecular formula is C19H29N3O2. The Morgan fingerprint density at radius 1 is 1.38 bits per heavy atom. The molecule has 24 heavy (non-hydrogen) atoms. The predicted octanol–water partition coefficient (Wildman–Crippen LogP) is 2.54. The molecule has 0 aromatic carbocycles. The van der Waals surface area contributed by atoms with E-state index in [4.69, 9.17) is 0 Å². The third kappa shape index (κ3) is 3.78. The Morgan fingerprint density at radius 3 is 2.75 bits per heavy atom. The zero-order valence-corrected chi connectivity index (χ0v) is 14.9. The summed E-state index contributed by atoms with van der Waals surface area (Å²) >= 11 is 0. The number of aryl methyl sites for hydroxylation is 1. The van der Waals surface area contributed by atoms with Crippen molar-refractivity contribution in [2.75, 3.05) is 26.2 Å². The molecule has 2 aliphatic heterocycles. The normalized spacial score (nSPS) is 24.5. The minimum atomic E-state index is -0.647. The summed E-state index contributed by atoms with van der Waals surface area (Å²) in [6, 6.07) is 5.91. The van der Waals surface area contributed by atoms with Crippen LogP contribution in [0.3, 0.4) is 0 Å². The van der Waals surface area contributed by atoms with Gasteiger partial charge in [0.25, 0.3) is 0 Å². The van der Waals surface area contributed by atoms with E-state index in [0.717, 1.165) is 69.8 Å². The number of aromatic nitrogens is 1. The van der Waals surface area contributed by atoms with Crippen molar-refractivity contribution in [1.29, 1.82) is 0 Å². The first-order chi connectivity index (χ1) is 11.5. The van der Waals surface area contributed by atoms with E-state index in [1.165, 1.54) is 0 Å². The molecule has 1 aromatic rings. The highest BCUT2D eigenvalue weighted by molar-refractivity contribution is 5.74.